The van der Waals surface area contributed by atoms with Gasteiger partial charge in [-0.15, -0.1) is 0 Å². The monoisotopic (exact) mass is 526 g/mol. The Labute approximate surface area is 158 Å². The van der Waals surface area contributed by atoms with Crippen molar-refractivity contribution in [3.8, 4) is 0 Å². The molecule has 0 saturated heterocycles. The van der Waals surface area contributed by atoms with Crippen LogP contribution in [0.2, 0.25) is 0 Å². The van der Waals surface area contributed by atoms with Crippen molar-refractivity contribution in [2.45, 2.75) is 86.6 Å². The second kappa shape index (κ2) is 14.9. The second-order valence-corrected chi connectivity index (χ2v) is 9.58. The van der Waals surface area contributed by atoms with E-state index in [0.29, 0.717) is 21.1 Å². The topological polar surface area (TPSA) is 27.7 Å². The van der Waals surface area contributed by atoms with Crippen LogP contribution in [0.15, 0.2) is 0 Å². The van der Waals surface area contributed by atoms with Gasteiger partial charge in [-0.1, -0.05) is 59.0 Å². The van der Waals surface area contributed by atoms with Crippen LogP contribution in [-0.2, 0) is 14.2 Å². The maximum absolute atomic E-state index is 6.05. The molecule has 0 amide bonds. The van der Waals surface area contributed by atoms with Crippen LogP contribution < -0.4 is 0 Å². The molecule has 0 aliphatic heterocycles. The minimum absolute atomic E-state index is 0.126. The van der Waals surface area contributed by atoms with Gasteiger partial charge in [0.1, 0.15) is 0 Å². The van der Waals surface area contributed by atoms with Gasteiger partial charge in [0.05, 0.1) is 0 Å². The number of hydrogen-bond donors (Lipinski definition) is 0. The Balaban J connectivity index is 4.16. The molecular weight excluding hydrogens is 494 g/mol. The molecule has 0 spiro atoms. The van der Waals surface area contributed by atoms with E-state index in [-0.39, 0.29) is 12.6 Å². The van der Waals surface area contributed by atoms with Crippen LogP contribution in [0.4, 0.5) is 0 Å². The highest BCUT2D eigenvalue weighted by Gasteiger charge is 2.17. The molecule has 0 radical (unpaired) electrons. The molecule has 3 nitrogen and oxygen atoms in total. The van der Waals surface area contributed by atoms with Gasteiger partial charge in [-0.25, -0.2) is 0 Å². The average molecular weight is 526 g/mol. The number of ether oxygens (including phenoxy) is 3. The van der Waals surface area contributed by atoms with Crippen LogP contribution in [0.25, 0.3) is 0 Å². The molecule has 21 heavy (non-hydrogen) atoms. The molecule has 128 valence electrons. The highest BCUT2D eigenvalue weighted by Crippen LogP contribution is 2.18. The highest BCUT2D eigenvalue weighted by molar-refractivity contribution is 14.1. The molecule has 0 heterocycles. The molecule has 0 aromatic rings. The van der Waals surface area contributed by atoms with E-state index in [0.717, 1.165) is 25.7 Å². The fraction of sp³-hybridized carbons (Fsp3) is 1.00. The summed E-state index contributed by atoms with van der Waals surface area (Å²) in [5.74, 6) is 0. The predicted molar refractivity (Wildman–Crippen MR) is 107 cm³/mol. The fourth-order valence-corrected chi connectivity index (χ4v) is 2.93. The van der Waals surface area contributed by atoms with Gasteiger partial charge in [0.15, 0.2) is 12.6 Å². The van der Waals surface area contributed by atoms with Crippen LogP contribution in [0.5, 0.6) is 0 Å². The van der Waals surface area contributed by atoms with E-state index in [2.05, 4.69) is 59.0 Å². The lowest BCUT2D eigenvalue weighted by molar-refractivity contribution is -0.247. The van der Waals surface area contributed by atoms with Crippen LogP contribution in [0.1, 0.15) is 66.2 Å². The summed E-state index contributed by atoms with van der Waals surface area (Å²) in [5, 5.41) is 0. The number of halogens is 2. The van der Waals surface area contributed by atoms with Crippen molar-refractivity contribution < 1.29 is 14.2 Å². The zero-order valence-corrected chi connectivity index (χ0v) is 18.3. The number of rotatable bonds is 14. The van der Waals surface area contributed by atoms with Crippen molar-refractivity contribution in [1.82, 2.24) is 0 Å². The third kappa shape index (κ3) is 14.7. The predicted octanol–water partition coefficient (Wildman–Crippen LogP) is 5.72. The lowest BCUT2D eigenvalue weighted by Gasteiger charge is -2.25. The van der Waals surface area contributed by atoms with Crippen molar-refractivity contribution in [3.05, 3.63) is 0 Å². The Hall–Kier alpha value is 1.34. The third-order valence-electron chi connectivity index (χ3n) is 3.09. The molecule has 0 rings (SSSR count). The standard InChI is InChI=1S/C16H32I2O3/c1-5-19-15(11-7-9-13(3)17)21-16(20-6-2)12-8-10-14(4)18/h13-16H,5-12H2,1-4H3. The molecule has 0 fully saturated rings. The minimum Gasteiger partial charge on any atom is -0.353 e. The van der Waals surface area contributed by atoms with E-state index in [1.807, 2.05) is 13.8 Å². The molecule has 0 aliphatic carbocycles. The summed E-state index contributed by atoms with van der Waals surface area (Å²) in [5.41, 5.74) is 0. The van der Waals surface area contributed by atoms with Crippen molar-refractivity contribution >= 4 is 45.2 Å². The quantitative estimate of drug-likeness (QED) is 0.165. The van der Waals surface area contributed by atoms with E-state index in [1.165, 1.54) is 12.8 Å². The van der Waals surface area contributed by atoms with Gasteiger partial charge in [0, 0.05) is 21.1 Å². The van der Waals surface area contributed by atoms with Crippen molar-refractivity contribution in [3.63, 3.8) is 0 Å². The summed E-state index contributed by atoms with van der Waals surface area (Å²) < 4.78 is 18.9. The largest absolute Gasteiger partial charge is 0.353 e. The number of hydrogen-bond acceptors (Lipinski definition) is 3. The van der Waals surface area contributed by atoms with Crippen LogP contribution in [0, 0.1) is 0 Å². The maximum atomic E-state index is 6.05. The third-order valence-corrected chi connectivity index (χ3v) is 4.34. The summed E-state index contributed by atoms with van der Waals surface area (Å²) >= 11 is 4.93. The smallest absolute Gasteiger partial charge is 0.160 e. The Bertz CT molecular complexity index is 204. The van der Waals surface area contributed by atoms with Crippen LogP contribution in [-0.4, -0.2) is 33.6 Å². The molecule has 0 saturated carbocycles. The lowest BCUT2D eigenvalue weighted by Crippen LogP contribution is -2.27. The van der Waals surface area contributed by atoms with Gasteiger partial charge in [-0.3, -0.25) is 0 Å². The molecular formula is C16H32I2O3. The van der Waals surface area contributed by atoms with Gasteiger partial charge in [-0.2, -0.15) is 0 Å². The Morgan fingerprint density at radius 2 is 1.10 bits per heavy atom. The lowest BCUT2D eigenvalue weighted by atomic mass is 10.2. The van der Waals surface area contributed by atoms with Gasteiger partial charge in [0.25, 0.3) is 0 Å². The molecule has 0 aromatic carbocycles. The first kappa shape index (κ1) is 22.3. The Morgan fingerprint density at radius 3 is 1.38 bits per heavy atom. The van der Waals surface area contributed by atoms with Crippen LogP contribution in [0.3, 0.4) is 0 Å². The first-order chi connectivity index (χ1) is 9.99. The van der Waals surface area contributed by atoms with E-state index in [9.17, 15) is 0 Å². The SMILES string of the molecule is CCOC(CCCC(C)I)OC(CCCC(C)I)OCC. The maximum Gasteiger partial charge on any atom is 0.160 e. The fourth-order valence-electron chi connectivity index (χ4n) is 2.05. The molecule has 4 atom stereocenters. The first-order valence-electron chi connectivity index (χ1n) is 8.16. The zero-order chi connectivity index (χ0) is 16.1. The van der Waals surface area contributed by atoms with Gasteiger partial charge in [-0.05, 0) is 52.4 Å². The molecule has 0 aliphatic rings. The van der Waals surface area contributed by atoms with E-state index in [4.69, 9.17) is 14.2 Å². The average Bonchev–Trinajstić information content (AvgIpc) is 2.38. The van der Waals surface area contributed by atoms with E-state index >= 15 is 0 Å². The van der Waals surface area contributed by atoms with Crippen LogP contribution >= 0.6 is 45.2 Å². The summed E-state index contributed by atoms with van der Waals surface area (Å²) in [4.78, 5) is 0. The molecule has 5 heteroatoms. The molecule has 4 unspecified atom stereocenters. The summed E-state index contributed by atoms with van der Waals surface area (Å²) in [6, 6.07) is 0. The number of alkyl halides is 2. The summed E-state index contributed by atoms with van der Waals surface area (Å²) in [6.07, 6.45) is 6.34. The highest BCUT2D eigenvalue weighted by atomic mass is 127. The van der Waals surface area contributed by atoms with E-state index in [1.54, 1.807) is 0 Å². The molecule has 0 N–H and O–H groups in total. The van der Waals surface area contributed by atoms with Crippen molar-refractivity contribution in [2.75, 3.05) is 13.2 Å². The van der Waals surface area contributed by atoms with Crippen molar-refractivity contribution in [2.24, 2.45) is 0 Å². The van der Waals surface area contributed by atoms with Gasteiger partial charge < -0.3 is 14.2 Å². The second-order valence-electron chi connectivity index (χ2n) is 5.33. The zero-order valence-electron chi connectivity index (χ0n) is 13.9. The minimum atomic E-state index is -0.126. The summed E-state index contributed by atoms with van der Waals surface area (Å²) in [6.45, 7) is 9.90. The van der Waals surface area contributed by atoms with Crippen molar-refractivity contribution in [1.29, 1.82) is 0 Å². The Morgan fingerprint density at radius 1 is 0.714 bits per heavy atom. The molecule has 0 bridgehead atoms. The van der Waals surface area contributed by atoms with Gasteiger partial charge >= 0.3 is 0 Å². The van der Waals surface area contributed by atoms with Gasteiger partial charge in [0.2, 0.25) is 0 Å². The normalized spacial score (nSPS) is 17.4. The van der Waals surface area contributed by atoms with E-state index < -0.39 is 0 Å². The molecule has 0 aromatic heterocycles. The Kier molecular flexibility index (Phi) is 15.9. The summed E-state index contributed by atoms with van der Waals surface area (Å²) in [7, 11) is 0. The first-order valence-corrected chi connectivity index (χ1v) is 10.6.